The number of thioether (sulfide) groups is 1. The maximum absolute atomic E-state index is 13.5. The fourth-order valence-corrected chi connectivity index (χ4v) is 4.93. The van der Waals surface area contributed by atoms with Crippen LogP contribution in [0, 0.1) is 11.3 Å². The van der Waals surface area contributed by atoms with Gasteiger partial charge in [0, 0.05) is 22.6 Å². The molecule has 0 aromatic heterocycles. The lowest BCUT2D eigenvalue weighted by Crippen LogP contribution is -2.31. The van der Waals surface area contributed by atoms with Crippen LogP contribution in [0.3, 0.4) is 0 Å². The number of ether oxygens (including phenoxy) is 1. The molecule has 3 aromatic rings. The molecule has 3 N–H and O–H groups in total. The Morgan fingerprint density at radius 2 is 1.54 bits per heavy atom. The van der Waals surface area contributed by atoms with E-state index in [1.54, 1.807) is 38.3 Å². The molecular formula is C29H26N4O3S. The topological polar surface area (TPSA) is 103 Å². The molecule has 1 atom stereocenters. The number of carbonyl (C=O) groups excluding carboxylic acids is 2. The maximum atomic E-state index is 13.5. The number of hydrogen-bond donors (Lipinski definition) is 3. The van der Waals surface area contributed by atoms with E-state index in [9.17, 15) is 14.9 Å². The molecule has 2 amide bonds. The van der Waals surface area contributed by atoms with Gasteiger partial charge in [-0.1, -0.05) is 60.3 Å². The summed E-state index contributed by atoms with van der Waals surface area (Å²) < 4.78 is 5.29. The summed E-state index contributed by atoms with van der Waals surface area (Å²) in [6.07, 6.45) is 0. The maximum Gasteiger partial charge on any atom is 0.254 e. The number of para-hydroxylation sites is 2. The van der Waals surface area contributed by atoms with Crippen molar-refractivity contribution >= 4 is 35.0 Å². The van der Waals surface area contributed by atoms with Crippen molar-refractivity contribution in [1.29, 1.82) is 5.26 Å². The normalized spacial score (nSPS) is 14.9. The van der Waals surface area contributed by atoms with Crippen molar-refractivity contribution in [3.05, 3.63) is 112 Å². The largest absolute Gasteiger partial charge is 0.497 e. The molecule has 0 bridgehead atoms. The Balaban J connectivity index is 1.64. The zero-order chi connectivity index (χ0) is 26.2. The number of methoxy groups -OCH3 is 1. The van der Waals surface area contributed by atoms with E-state index in [1.165, 1.54) is 11.8 Å². The van der Waals surface area contributed by atoms with E-state index in [0.717, 1.165) is 5.56 Å². The lowest BCUT2D eigenvalue weighted by Gasteiger charge is -2.30. The van der Waals surface area contributed by atoms with Crippen molar-refractivity contribution in [1.82, 2.24) is 5.32 Å². The molecule has 3 aromatic carbocycles. The first-order valence-corrected chi connectivity index (χ1v) is 12.6. The van der Waals surface area contributed by atoms with Crippen LogP contribution < -0.4 is 20.7 Å². The summed E-state index contributed by atoms with van der Waals surface area (Å²) in [7, 11) is 1.58. The number of nitrogens with zero attached hydrogens (tertiary/aromatic N) is 1. The van der Waals surface area contributed by atoms with E-state index in [4.69, 9.17) is 4.74 Å². The lowest BCUT2D eigenvalue weighted by atomic mass is 9.82. The number of amides is 2. The highest BCUT2D eigenvalue weighted by Gasteiger charge is 2.35. The Kier molecular flexibility index (Phi) is 8.29. The average molecular weight is 511 g/mol. The van der Waals surface area contributed by atoms with Crippen LogP contribution in [0.4, 0.5) is 11.4 Å². The van der Waals surface area contributed by atoms with Crippen LogP contribution in [-0.4, -0.2) is 24.7 Å². The van der Waals surface area contributed by atoms with Gasteiger partial charge in [-0.3, -0.25) is 9.59 Å². The molecule has 0 fully saturated rings. The fraction of sp³-hybridized carbons (Fsp3) is 0.138. The summed E-state index contributed by atoms with van der Waals surface area (Å²) in [5.41, 5.74) is 3.53. The van der Waals surface area contributed by atoms with Crippen molar-refractivity contribution in [2.45, 2.75) is 12.8 Å². The summed E-state index contributed by atoms with van der Waals surface area (Å²) in [5.74, 6) is -0.367. The molecule has 0 radical (unpaired) electrons. The highest BCUT2D eigenvalue weighted by Crippen LogP contribution is 2.41. The van der Waals surface area contributed by atoms with Gasteiger partial charge < -0.3 is 20.7 Å². The number of nitriles is 1. The first-order valence-electron chi connectivity index (χ1n) is 11.6. The van der Waals surface area contributed by atoms with Gasteiger partial charge >= 0.3 is 0 Å². The van der Waals surface area contributed by atoms with E-state index in [2.05, 4.69) is 22.0 Å². The number of rotatable bonds is 8. The third-order valence-corrected chi connectivity index (χ3v) is 6.80. The second-order valence-corrected chi connectivity index (χ2v) is 9.23. The number of nitrogens with one attached hydrogen (secondary N) is 3. The molecule has 1 unspecified atom stereocenters. The van der Waals surface area contributed by atoms with Crippen LogP contribution in [0.2, 0.25) is 0 Å². The lowest BCUT2D eigenvalue weighted by molar-refractivity contribution is -0.114. The second kappa shape index (κ2) is 12.0. The van der Waals surface area contributed by atoms with Gasteiger partial charge in [0.2, 0.25) is 5.91 Å². The van der Waals surface area contributed by atoms with Crippen LogP contribution in [0.1, 0.15) is 18.4 Å². The SMILES string of the molecule is COc1ccc(C2C(C#N)=C(SCC(=O)Nc3ccccc3)NC(C)=C2C(=O)Nc2ccccc2)cc1. The molecule has 8 heteroatoms. The van der Waals surface area contributed by atoms with Crippen LogP contribution in [-0.2, 0) is 9.59 Å². The van der Waals surface area contributed by atoms with Crippen LogP contribution in [0.5, 0.6) is 5.75 Å². The first-order chi connectivity index (χ1) is 18.0. The van der Waals surface area contributed by atoms with Gasteiger partial charge in [0.25, 0.3) is 5.91 Å². The average Bonchev–Trinajstić information content (AvgIpc) is 2.92. The smallest absolute Gasteiger partial charge is 0.254 e. The van der Waals surface area contributed by atoms with E-state index in [0.29, 0.717) is 39.0 Å². The van der Waals surface area contributed by atoms with Crippen LogP contribution in [0.25, 0.3) is 0 Å². The first kappa shape index (κ1) is 25.6. The molecule has 7 nitrogen and oxygen atoms in total. The zero-order valence-electron chi connectivity index (χ0n) is 20.4. The van der Waals surface area contributed by atoms with Crippen molar-refractivity contribution in [3.8, 4) is 11.8 Å². The van der Waals surface area contributed by atoms with Gasteiger partial charge in [0.05, 0.1) is 35.5 Å². The molecule has 1 aliphatic heterocycles. The summed E-state index contributed by atoms with van der Waals surface area (Å²) in [5, 5.41) is 19.8. The molecule has 0 saturated carbocycles. The molecule has 0 saturated heterocycles. The summed E-state index contributed by atoms with van der Waals surface area (Å²) in [4.78, 5) is 26.1. The predicted octanol–water partition coefficient (Wildman–Crippen LogP) is 5.40. The molecule has 1 heterocycles. The van der Waals surface area contributed by atoms with Gasteiger partial charge in [-0.05, 0) is 48.9 Å². The van der Waals surface area contributed by atoms with Crippen molar-refractivity contribution in [3.63, 3.8) is 0 Å². The Morgan fingerprint density at radius 1 is 0.946 bits per heavy atom. The second-order valence-electron chi connectivity index (χ2n) is 8.25. The minimum absolute atomic E-state index is 0.0938. The number of dihydropyridines is 1. The van der Waals surface area contributed by atoms with Gasteiger partial charge in [-0.15, -0.1) is 0 Å². The van der Waals surface area contributed by atoms with E-state index >= 15 is 0 Å². The Labute approximate surface area is 220 Å². The Bertz CT molecular complexity index is 1380. The van der Waals surface area contributed by atoms with Gasteiger partial charge in [-0.2, -0.15) is 5.26 Å². The number of carbonyl (C=O) groups is 2. The van der Waals surface area contributed by atoms with E-state index in [1.807, 2.05) is 60.7 Å². The van der Waals surface area contributed by atoms with Crippen molar-refractivity contribution < 1.29 is 14.3 Å². The third-order valence-electron chi connectivity index (χ3n) is 5.78. The minimum atomic E-state index is -0.624. The van der Waals surface area contributed by atoms with Crippen LogP contribution in [0.15, 0.2) is 107 Å². The van der Waals surface area contributed by atoms with E-state index < -0.39 is 5.92 Å². The van der Waals surface area contributed by atoms with Crippen molar-refractivity contribution in [2.24, 2.45) is 0 Å². The Hall–Kier alpha value is -4.48. The summed E-state index contributed by atoms with van der Waals surface area (Å²) >= 11 is 1.23. The van der Waals surface area contributed by atoms with Crippen molar-refractivity contribution in [2.75, 3.05) is 23.5 Å². The third kappa shape index (κ3) is 6.21. The van der Waals surface area contributed by atoms with E-state index in [-0.39, 0.29) is 17.6 Å². The number of anilines is 2. The summed E-state index contributed by atoms with van der Waals surface area (Å²) in [6.45, 7) is 1.80. The van der Waals surface area contributed by atoms with Gasteiger partial charge in [-0.25, -0.2) is 0 Å². The fourth-order valence-electron chi connectivity index (χ4n) is 4.03. The molecule has 1 aliphatic rings. The molecule has 0 aliphatic carbocycles. The molecule has 0 spiro atoms. The Morgan fingerprint density at radius 3 is 2.11 bits per heavy atom. The van der Waals surface area contributed by atoms with Gasteiger partial charge in [0.1, 0.15) is 5.75 Å². The predicted molar refractivity (Wildman–Crippen MR) is 147 cm³/mol. The molecular weight excluding hydrogens is 484 g/mol. The highest BCUT2D eigenvalue weighted by molar-refractivity contribution is 8.03. The quantitative estimate of drug-likeness (QED) is 0.375. The summed E-state index contributed by atoms with van der Waals surface area (Å²) in [6, 6.07) is 27.9. The van der Waals surface area contributed by atoms with Gasteiger partial charge in [0.15, 0.2) is 0 Å². The zero-order valence-corrected chi connectivity index (χ0v) is 21.3. The molecule has 186 valence electrons. The standard InChI is InChI=1S/C29H26N4O3S/c1-19-26(28(35)33-22-11-7-4-8-12-22)27(20-13-15-23(36-2)16-14-20)24(17-30)29(31-19)37-18-25(34)32-21-9-5-3-6-10-21/h3-16,27,31H,18H2,1-2H3,(H,32,34)(H,33,35). The number of benzene rings is 3. The molecule has 37 heavy (non-hydrogen) atoms. The van der Waals surface area contributed by atoms with Crippen LogP contribution >= 0.6 is 11.8 Å². The number of allylic oxidation sites excluding steroid dienone is 2. The highest BCUT2D eigenvalue weighted by atomic mass is 32.2. The minimum Gasteiger partial charge on any atom is -0.497 e. The molecule has 4 rings (SSSR count). The number of hydrogen-bond acceptors (Lipinski definition) is 6. The monoisotopic (exact) mass is 510 g/mol.